The maximum absolute atomic E-state index is 14.1. The summed E-state index contributed by atoms with van der Waals surface area (Å²) in [6.45, 7) is 0. The summed E-state index contributed by atoms with van der Waals surface area (Å²) in [6.07, 6.45) is 5.29. The molecule has 1 amide bonds. The van der Waals surface area contributed by atoms with E-state index in [1.807, 2.05) is 42.1 Å². The Morgan fingerprint density at radius 3 is 2.46 bits per heavy atom. The number of amides is 1. The number of halogens is 1. The number of nitrogens with zero attached hydrogens (tertiary/aromatic N) is 3. The molecule has 1 saturated carbocycles. The minimum absolute atomic E-state index is 0.00586. The van der Waals surface area contributed by atoms with Crippen molar-refractivity contribution in [1.29, 1.82) is 0 Å². The summed E-state index contributed by atoms with van der Waals surface area (Å²) < 4.78 is 17.0. The quantitative estimate of drug-likeness (QED) is 0.479. The molecule has 3 heterocycles. The summed E-state index contributed by atoms with van der Waals surface area (Å²) in [5.41, 5.74) is 0.643. The molecule has 0 atom stereocenters. The highest BCUT2D eigenvalue weighted by atomic mass is 32.2. The Bertz CT molecular complexity index is 1360. The van der Waals surface area contributed by atoms with E-state index in [2.05, 4.69) is 10.3 Å². The van der Waals surface area contributed by atoms with Crippen molar-refractivity contribution in [2.75, 3.05) is 17.3 Å². The molecule has 1 N–H and O–H groups in total. The van der Waals surface area contributed by atoms with Crippen molar-refractivity contribution >= 4 is 40.5 Å². The maximum atomic E-state index is 14.1. The van der Waals surface area contributed by atoms with Gasteiger partial charge in [0.15, 0.2) is 0 Å². The lowest BCUT2D eigenvalue weighted by Crippen LogP contribution is -2.46. The van der Waals surface area contributed by atoms with E-state index in [-0.39, 0.29) is 40.8 Å². The van der Waals surface area contributed by atoms with E-state index in [1.165, 1.54) is 16.2 Å². The fourth-order valence-corrected chi connectivity index (χ4v) is 7.26. The van der Waals surface area contributed by atoms with Crippen LogP contribution in [0.5, 0.6) is 0 Å². The van der Waals surface area contributed by atoms with Gasteiger partial charge in [0.25, 0.3) is 5.56 Å². The lowest BCUT2D eigenvalue weighted by atomic mass is 9.91. The van der Waals surface area contributed by atoms with E-state index in [0.29, 0.717) is 31.4 Å². The van der Waals surface area contributed by atoms with Crippen molar-refractivity contribution in [3.63, 3.8) is 0 Å². The molecule has 5 rings (SSSR count). The summed E-state index contributed by atoms with van der Waals surface area (Å²) >= 11 is 3.43. The molecule has 10 heteroatoms. The van der Waals surface area contributed by atoms with Gasteiger partial charge in [-0.15, -0.1) is 11.8 Å². The summed E-state index contributed by atoms with van der Waals surface area (Å²) in [5, 5.41) is 3.27. The molecule has 1 saturated heterocycles. The molecule has 196 valence electrons. The first-order chi connectivity index (χ1) is 18.0. The van der Waals surface area contributed by atoms with Crippen LogP contribution in [0.2, 0.25) is 0 Å². The second-order valence-electron chi connectivity index (χ2n) is 9.75. The van der Waals surface area contributed by atoms with Gasteiger partial charge in [0.1, 0.15) is 11.5 Å². The van der Waals surface area contributed by atoms with Gasteiger partial charge in [-0.3, -0.25) is 18.7 Å². The Hall–Kier alpha value is -2.59. The molecule has 0 spiro atoms. The second-order valence-corrected chi connectivity index (χ2v) is 12.0. The number of carbonyl (C=O) groups is 1. The molecule has 1 aliphatic heterocycles. The predicted octanol–water partition coefficient (Wildman–Crippen LogP) is 4.30. The molecule has 3 aromatic rings. The first-order valence-electron chi connectivity index (χ1n) is 12.8. The highest BCUT2D eigenvalue weighted by Gasteiger charge is 2.29. The minimum Gasteiger partial charge on any atom is -0.353 e. The fraction of sp³-hybridized carbons (Fsp3) is 0.481. The Balaban J connectivity index is 1.28. The SMILES string of the molecule is O=C(CSCc1ccccc1)NC1CCC(n2c(=O)c3cc(F)cnc3n(C3CCSCC3)c2=O)CC1. The third-order valence-electron chi connectivity index (χ3n) is 7.25. The zero-order valence-corrected chi connectivity index (χ0v) is 22.2. The van der Waals surface area contributed by atoms with Gasteiger partial charge in [0, 0.05) is 23.9 Å². The Morgan fingerprint density at radius 2 is 1.73 bits per heavy atom. The summed E-state index contributed by atoms with van der Waals surface area (Å²) in [5.74, 6) is 2.47. The maximum Gasteiger partial charge on any atom is 0.333 e. The lowest BCUT2D eigenvalue weighted by molar-refractivity contribution is -0.119. The molecule has 0 radical (unpaired) electrons. The van der Waals surface area contributed by atoms with Gasteiger partial charge in [0.2, 0.25) is 5.91 Å². The van der Waals surface area contributed by atoms with Crippen LogP contribution in [0.4, 0.5) is 4.39 Å². The smallest absolute Gasteiger partial charge is 0.333 e. The van der Waals surface area contributed by atoms with Gasteiger partial charge < -0.3 is 5.32 Å². The molecular weight excluding hydrogens is 511 g/mol. The number of benzene rings is 1. The van der Waals surface area contributed by atoms with Crippen LogP contribution in [0.1, 0.15) is 56.2 Å². The Kier molecular flexibility index (Phi) is 8.34. The highest BCUT2D eigenvalue weighted by molar-refractivity contribution is 7.99. The second kappa shape index (κ2) is 11.9. The number of carbonyl (C=O) groups excluding carboxylic acids is 1. The van der Waals surface area contributed by atoms with Crippen LogP contribution in [0.25, 0.3) is 11.0 Å². The van der Waals surface area contributed by atoms with E-state index in [1.54, 1.807) is 16.3 Å². The van der Waals surface area contributed by atoms with Crippen molar-refractivity contribution in [3.05, 3.63) is 74.8 Å². The van der Waals surface area contributed by atoms with E-state index in [0.717, 1.165) is 36.3 Å². The molecule has 1 aromatic carbocycles. The number of hydrogen-bond acceptors (Lipinski definition) is 6. The Morgan fingerprint density at radius 1 is 1.03 bits per heavy atom. The van der Waals surface area contributed by atoms with Gasteiger partial charge in [-0.05, 0) is 61.7 Å². The van der Waals surface area contributed by atoms with E-state index in [9.17, 15) is 18.8 Å². The van der Waals surface area contributed by atoms with Crippen LogP contribution < -0.4 is 16.6 Å². The van der Waals surface area contributed by atoms with Crippen molar-refractivity contribution in [1.82, 2.24) is 19.4 Å². The monoisotopic (exact) mass is 542 g/mol. The van der Waals surface area contributed by atoms with Crippen LogP contribution in [0, 0.1) is 5.82 Å². The first kappa shape index (κ1) is 26.0. The summed E-state index contributed by atoms with van der Waals surface area (Å²) in [7, 11) is 0. The molecule has 37 heavy (non-hydrogen) atoms. The molecule has 7 nitrogen and oxygen atoms in total. The molecule has 2 aliphatic rings. The largest absolute Gasteiger partial charge is 0.353 e. The van der Waals surface area contributed by atoms with E-state index in [4.69, 9.17) is 0 Å². The van der Waals surface area contributed by atoms with E-state index >= 15 is 0 Å². The van der Waals surface area contributed by atoms with Crippen molar-refractivity contribution < 1.29 is 9.18 Å². The normalized spacial score (nSPS) is 20.7. The average molecular weight is 543 g/mol. The number of hydrogen-bond donors (Lipinski definition) is 1. The number of rotatable bonds is 7. The molecule has 0 bridgehead atoms. The van der Waals surface area contributed by atoms with Crippen LogP contribution in [0.3, 0.4) is 0 Å². The predicted molar refractivity (Wildman–Crippen MR) is 148 cm³/mol. The van der Waals surface area contributed by atoms with Gasteiger partial charge in [-0.25, -0.2) is 14.2 Å². The molecule has 2 fully saturated rings. The number of fused-ring (bicyclic) bond motifs is 1. The third kappa shape index (κ3) is 5.95. The van der Waals surface area contributed by atoms with Crippen molar-refractivity contribution in [3.8, 4) is 0 Å². The lowest BCUT2D eigenvalue weighted by Gasteiger charge is -2.31. The molecule has 1 aliphatic carbocycles. The molecule has 2 aromatic heterocycles. The number of aromatic nitrogens is 3. The number of nitrogens with one attached hydrogen (secondary N) is 1. The zero-order chi connectivity index (χ0) is 25.8. The van der Waals surface area contributed by atoms with Crippen molar-refractivity contribution in [2.45, 2.75) is 62.4 Å². The Labute approximate surface area is 223 Å². The van der Waals surface area contributed by atoms with Gasteiger partial charge in [-0.2, -0.15) is 11.8 Å². The van der Waals surface area contributed by atoms with E-state index < -0.39 is 11.4 Å². The molecule has 0 unspecified atom stereocenters. The zero-order valence-electron chi connectivity index (χ0n) is 20.6. The number of thioether (sulfide) groups is 2. The average Bonchev–Trinajstić information content (AvgIpc) is 2.91. The van der Waals surface area contributed by atoms with Crippen LogP contribution >= 0.6 is 23.5 Å². The topological polar surface area (TPSA) is 86.0 Å². The first-order valence-corrected chi connectivity index (χ1v) is 15.1. The summed E-state index contributed by atoms with van der Waals surface area (Å²) in [6, 6.07) is 10.9. The minimum atomic E-state index is -0.586. The standard InChI is InChI=1S/C27H31FN4O3S2/c28-19-14-23-25(29-15-19)31(22-10-12-36-13-11-22)27(35)32(26(23)34)21-8-6-20(7-9-21)30-24(33)17-37-16-18-4-2-1-3-5-18/h1-5,14-15,20-22H,6-13,16-17H2,(H,30,33). The van der Waals surface area contributed by atoms with Gasteiger partial charge >= 0.3 is 5.69 Å². The third-order valence-corrected chi connectivity index (χ3v) is 9.30. The van der Waals surface area contributed by atoms with Crippen molar-refractivity contribution in [2.24, 2.45) is 0 Å². The summed E-state index contributed by atoms with van der Waals surface area (Å²) in [4.78, 5) is 43.7. The number of pyridine rings is 1. The van der Waals surface area contributed by atoms with Crippen LogP contribution in [-0.2, 0) is 10.5 Å². The van der Waals surface area contributed by atoms with Crippen LogP contribution in [-0.4, -0.2) is 43.3 Å². The molecular formula is C27H31FN4O3S2. The highest BCUT2D eigenvalue weighted by Crippen LogP contribution is 2.30. The van der Waals surface area contributed by atoms with Crippen LogP contribution in [0.15, 0.2) is 52.2 Å². The van der Waals surface area contributed by atoms with Gasteiger partial charge in [-0.1, -0.05) is 30.3 Å². The fourth-order valence-electron chi connectivity index (χ4n) is 5.38. The van der Waals surface area contributed by atoms with Gasteiger partial charge in [0.05, 0.1) is 17.3 Å².